The molecule has 7 heteroatoms. The molecule has 0 saturated carbocycles. The van der Waals surface area contributed by atoms with E-state index in [4.69, 9.17) is 11.6 Å². The van der Waals surface area contributed by atoms with Crippen LogP contribution in [0.2, 0.25) is 5.15 Å². The molecular weight excluding hydrogens is 238 g/mol. The fourth-order valence-electron chi connectivity index (χ4n) is 1.04. The molecule has 0 saturated heterocycles. The Hall–Kier alpha value is -0.880. The fourth-order valence-corrected chi connectivity index (χ4v) is 2.04. The van der Waals surface area contributed by atoms with Crippen LogP contribution in [0.25, 0.3) is 0 Å². The highest BCUT2D eigenvalue weighted by Crippen LogP contribution is 2.17. The maximum Gasteiger partial charge on any atom is 0.228 e. The summed E-state index contributed by atoms with van der Waals surface area (Å²) < 4.78 is 10.9. The highest BCUT2D eigenvalue weighted by atomic mass is 35.5. The highest BCUT2D eigenvalue weighted by molar-refractivity contribution is 7.84. The number of aromatic nitrogens is 2. The zero-order valence-electron chi connectivity index (χ0n) is 8.41. The Morgan fingerprint density at radius 1 is 1.80 bits per heavy atom. The summed E-state index contributed by atoms with van der Waals surface area (Å²) in [6, 6.07) is 0. The van der Waals surface area contributed by atoms with Crippen molar-refractivity contribution >= 4 is 34.0 Å². The summed E-state index contributed by atoms with van der Waals surface area (Å²) in [5.74, 6) is -0.198. The molecule has 2 atom stereocenters. The number of aromatic amines is 1. The molecule has 15 heavy (non-hydrogen) atoms. The first-order chi connectivity index (χ1) is 7.00. The second kappa shape index (κ2) is 5.27. The average Bonchev–Trinajstić information content (AvgIpc) is 2.50. The third-order valence-electron chi connectivity index (χ3n) is 1.78. The fraction of sp³-hybridized carbons (Fsp3) is 0.500. The van der Waals surface area contributed by atoms with Crippen molar-refractivity contribution in [1.82, 2.24) is 10.2 Å². The zero-order chi connectivity index (χ0) is 11.4. The van der Waals surface area contributed by atoms with Gasteiger partial charge in [0.15, 0.2) is 0 Å². The normalized spacial score (nSPS) is 14.6. The second-order valence-corrected chi connectivity index (χ2v) is 5.09. The molecule has 2 N–H and O–H groups in total. The lowest BCUT2D eigenvalue weighted by atomic mass is 10.2. The predicted octanol–water partition coefficient (Wildman–Crippen LogP) is 1.02. The van der Waals surface area contributed by atoms with Crippen molar-refractivity contribution in [3.05, 3.63) is 11.3 Å². The monoisotopic (exact) mass is 249 g/mol. The molecule has 84 valence electrons. The molecule has 1 aromatic rings. The number of nitrogens with zero attached hydrogens (tertiary/aromatic N) is 1. The van der Waals surface area contributed by atoms with E-state index in [1.54, 1.807) is 13.2 Å². The number of hydrogen-bond donors (Lipinski definition) is 2. The molecule has 1 unspecified atom stereocenters. The van der Waals surface area contributed by atoms with E-state index < -0.39 is 10.8 Å². The third-order valence-corrected chi connectivity index (χ3v) is 3.04. The Morgan fingerprint density at radius 2 is 2.47 bits per heavy atom. The van der Waals surface area contributed by atoms with Crippen LogP contribution >= 0.6 is 11.6 Å². The molecule has 1 rings (SSSR count). The molecule has 0 aliphatic carbocycles. The molecule has 0 radical (unpaired) electrons. The Bertz CT molecular complexity index is 380. The van der Waals surface area contributed by atoms with Gasteiger partial charge in [0.25, 0.3) is 0 Å². The van der Waals surface area contributed by atoms with Gasteiger partial charge in [-0.2, -0.15) is 5.10 Å². The van der Waals surface area contributed by atoms with Crippen LogP contribution in [-0.4, -0.2) is 32.3 Å². The summed E-state index contributed by atoms with van der Waals surface area (Å²) in [4.78, 5) is 11.6. The van der Waals surface area contributed by atoms with E-state index in [-0.39, 0.29) is 17.0 Å². The van der Waals surface area contributed by atoms with Crippen LogP contribution in [0.3, 0.4) is 0 Å². The van der Waals surface area contributed by atoms with E-state index in [0.717, 1.165) is 0 Å². The summed E-state index contributed by atoms with van der Waals surface area (Å²) in [7, 11) is -0.987. The Morgan fingerprint density at radius 3 is 2.93 bits per heavy atom. The summed E-state index contributed by atoms with van der Waals surface area (Å²) in [6.07, 6.45) is 2.99. The molecule has 0 spiro atoms. The van der Waals surface area contributed by atoms with Gasteiger partial charge in [0.2, 0.25) is 5.91 Å². The first-order valence-electron chi connectivity index (χ1n) is 4.30. The standard InChI is InChI=1S/C8H12ClN3O2S/c1-5(4-15(2)14)8(13)11-6-3-10-12-7(6)9/h3,5H,4H2,1-2H3,(H,10,12)(H,11,13)/t5-,15?/m1/s1. The Labute approximate surface area is 95.0 Å². The van der Waals surface area contributed by atoms with Crippen molar-refractivity contribution in [1.29, 1.82) is 0 Å². The van der Waals surface area contributed by atoms with Gasteiger partial charge in [0, 0.05) is 28.7 Å². The van der Waals surface area contributed by atoms with Gasteiger partial charge in [0.1, 0.15) is 5.15 Å². The smallest absolute Gasteiger partial charge is 0.228 e. The lowest BCUT2D eigenvalue weighted by molar-refractivity contribution is -0.118. The number of hydrogen-bond acceptors (Lipinski definition) is 3. The molecule has 0 aromatic carbocycles. The van der Waals surface area contributed by atoms with Gasteiger partial charge in [-0.15, -0.1) is 0 Å². The number of nitrogens with one attached hydrogen (secondary N) is 2. The van der Waals surface area contributed by atoms with E-state index in [2.05, 4.69) is 15.5 Å². The number of amides is 1. The minimum Gasteiger partial charge on any atom is -0.322 e. The molecule has 0 aliphatic heterocycles. The van der Waals surface area contributed by atoms with Crippen molar-refractivity contribution in [3.63, 3.8) is 0 Å². The molecule has 0 bridgehead atoms. The van der Waals surface area contributed by atoms with Gasteiger partial charge >= 0.3 is 0 Å². The Balaban J connectivity index is 2.56. The minimum absolute atomic E-state index is 0.214. The quantitative estimate of drug-likeness (QED) is 0.837. The predicted molar refractivity (Wildman–Crippen MR) is 60.3 cm³/mol. The number of carbonyl (C=O) groups is 1. The van der Waals surface area contributed by atoms with E-state index in [1.165, 1.54) is 6.20 Å². The van der Waals surface area contributed by atoms with Gasteiger partial charge in [-0.1, -0.05) is 18.5 Å². The van der Waals surface area contributed by atoms with Crippen LogP contribution < -0.4 is 5.32 Å². The topological polar surface area (TPSA) is 74.8 Å². The molecular formula is C8H12ClN3O2S. The maximum absolute atomic E-state index is 11.6. The highest BCUT2D eigenvalue weighted by Gasteiger charge is 2.16. The van der Waals surface area contributed by atoms with Gasteiger partial charge in [-0.3, -0.25) is 14.1 Å². The van der Waals surface area contributed by atoms with Crippen LogP contribution in [0.1, 0.15) is 6.92 Å². The molecule has 0 fully saturated rings. The SMILES string of the molecule is C[C@H](CS(C)=O)C(=O)Nc1cn[nH]c1Cl. The van der Waals surface area contributed by atoms with Gasteiger partial charge in [-0.05, 0) is 0 Å². The minimum atomic E-state index is -0.987. The Kier molecular flexibility index (Phi) is 4.28. The largest absolute Gasteiger partial charge is 0.322 e. The van der Waals surface area contributed by atoms with Crippen LogP contribution in [0.4, 0.5) is 5.69 Å². The van der Waals surface area contributed by atoms with E-state index in [1.807, 2.05) is 0 Å². The summed E-state index contributed by atoms with van der Waals surface area (Å²) >= 11 is 5.70. The van der Waals surface area contributed by atoms with E-state index in [0.29, 0.717) is 11.4 Å². The van der Waals surface area contributed by atoms with Crippen LogP contribution in [0, 0.1) is 5.92 Å². The number of H-pyrrole nitrogens is 1. The molecule has 1 aromatic heterocycles. The van der Waals surface area contributed by atoms with Crippen LogP contribution in [-0.2, 0) is 15.6 Å². The average molecular weight is 250 g/mol. The summed E-state index contributed by atoms with van der Waals surface area (Å²) in [6.45, 7) is 1.71. The third kappa shape index (κ3) is 3.64. The number of halogens is 1. The lowest BCUT2D eigenvalue weighted by Gasteiger charge is -2.09. The van der Waals surface area contributed by atoms with Crippen molar-refractivity contribution in [3.8, 4) is 0 Å². The van der Waals surface area contributed by atoms with Gasteiger partial charge in [0.05, 0.1) is 11.9 Å². The molecule has 1 amide bonds. The molecule has 1 heterocycles. The van der Waals surface area contributed by atoms with E-state index in [9.17, 15) is 9.00 Å². The number of anilines is 1. The molecule has 5 nitrogen and oxygen atoms in total. The van der Waals surface area contributed by atoms with Crippen LogP contribution in [0.5, 0.6) is 0 Å². The lowest BCUT2D eigenvalue weighted by Crippen LogP contribution is -2.24. The van der Waals surface area contributed by atoms with Crippen molar-refractivity contribution in [2.24, 2.45) is 5.92 Å². The number of carbonyl (C=O) groups excluding carboxylic acids is 1. The van der Waals surface area contributed by atoms with Crippen molar-refractivity contribution in [2.75, 3.05) is 17.3 Å². The molecule has 0 aliphatic rings. The van der Waals surface area contributed by atoms with Gasteiger partial charge in [-0.25, -0.2) is 0 Å². The number of rotatable bonds is 4. The van der Waals surface area contributed by atoms with Gasteiger partial charge < -0.3 is 5.32 Å². The second-order valence-electron chi connectivity index (χ2n) is 3.23. The zero-order valence-corrected chi connectivity index (χ0v) is 9.98. The van der Waals surface area contributed by atoms with Crippen LogP contribution in [0.15, 0.2) is 6.20 Å². The maximum atomic E-state index is 11.6. The van der Waals surface area contributed by atoms with Crippen molar-refractivity contribution in [2.45, 2.75) is 6.92 Å². The first-order valence-corrected chi connectivity index (χ1v) is 6.41. The van der Waals surface area contributed by atoms with E-state index >= 15 is 0 Å². The van der Waals surface area contributed by atoms with Crippen molar-refractivity contribution < 1.29 is 9.00 Å². The first kappa shape index (κ1) is 12.2. The summed E-state index contributed by atoms with van der Waals surface area (Å²) in [5, 5.41) is 9.04. The summed E-state index contributed by atoms with van der Waals surface area (Å²) in [5.41, 5.74) is 0.440.